The molecule has 0 saturated heterocycles. The van der Waals surface area contributed by atoms with E-state index in [1.54, 1.807) is 0 Å². The first-order chi connectivity index (χ1) is 25.9. The molecule has 8 rings (SSSR count). The van der Waals surface area contributed by atoms with Gasteiger partial charge in [-0.05, 0) is 101 Å². The van der Waals surface area contributed by atoms with E-state index in [-0.39, 0.29) is 12.1 Å². The van der Waals surface area contributed by atoms with Crippen molar-refractivity contribution >= 4 is 39.4 Å². The minimum absolute atomic E-state index is 0.0824. The Morgan fingerprint density at radius 2 is 1.32 bits per heavy atom. The molecule has 0 bridgehead atoms. The van der Waals surface area contributed by atoms with Crippen LogP contribution in [0.3, 0.4) is 0 Å². The van der Waals surface area contributed by atoms with Crippen LogP contribution >= 0.6 is 0 Å². The number of benzene rings is 6. The number of fused-ring (bicyclic) bond motifs is 1. The molecule has 1 unspecified atom stereocenters. The van der Waals surface area contributed by atoms with Crippen LogP contribution in [-0.4, -0.2) is 6.71 Å². The van der Waals surface area contributed by atoms with Crippen molar-refractivity contribution in [3.63, 3.8) is 0 Å². The number of rotatable bonds is 9. The Hall–Kier alpha value is -5.40. The lowest BCUT2D eigenvalue weighted by Crippen LogP contribution is -2.52. The minimum atomic E-state index is 0.0824. The summed E-state index contributed by atoms with van der Waals surface area (Å²) < 4.78 is 0. The predicted octanol–water partition coefficient (Wildman–Crippen LogP) is 12.1. The molecule has 0 spiro atoms. The minimum Gasteiger partial charge on any atom is -0.0834 e. The van der Waals surface area contributed by atoms with Crippen LogP contribution < -0.4 is 16.4 Å². The molecule has 1 atom stereocenters. The standard InChI is InChI=1S/C52H49B/c1-37(25-26-38(2)52(4)35-10-5-11-36-52)40-27-31-44(32-28-40)53(51-24-13-18-42-15-6-7-20-49(42)51)45-33-29-43(30-34-45)46-22-14-23-47(39(46)3)50-21-9-8-19-48(50)41-16-12-17-41/h5-11,13-15,18-35,41H,12,16-17,36H2,1-4H3/b37-25+,38-26+. The highest BCUT2D eigenvalue weighted by atomic mass is 14.3. The molecule has 0 heterocycles. The number of hydrogen-bond acceptors (Lipinski definition) is 0. The molecule has 0 aromatic heterocycles. The van der Waals surface area contributed by atoms with Gasteiger partial charge in [-0.15, -0.1) is 0 Å². The lowest BCUT2D eigenvalue weighted by atomic mass is 9.36. The molecule has 53 heavy (non-hydrogen) atoms. The zero-order chi connectivity index (χ0) is 36.4. The molecule has 1 saturated carbocycles. The first kappa shape index (κ1) is 34.7. The molecule has 2 aliphatic carbocycles. The van der Waals surface area contributed by atoms with E-state index < -0.39 is 0 Å². The van der Waals surface area contributed by atoms with Crippen molar-refractivity contribution in [2.45, 2.75) is 59.3 Å². The first-order valence-electron chi connectivity index (χ1n) is 19.5. The molecule has 6 aromatic carbocycles. The van der Waals surface area contributed by atoms with Gasteiger partial charge in [0.05, 0.1) is 0 Å². The smallest absolute Gasteiger partial charge is 0.0834 e. The van der Waals surface area contributed by atoms with E-state index in [2.05, 4.69) is 198 Å². The van der Waals surface area contributed by atoms with E-state index in [0.717, 1.165) is 6.42 Å². The lowest BCUT2D eigenvalue weighted by Gasteiger charge is -2.28. The van der Waals surface area contributed by atoms with Crippen molar-refractivity contribution in [2.24, 2.45) is 5.41 Å². The van der Waals surface area contributed by atoms with Crippen LogP contribution in [-0.2, 0) is 0 Å². The van der Waals surface area contributed by atoms with E-state index >= 15 is 0 Å². The van der Waals surface area contributed by atoms with E-state index in [0.29, 0.717) is 5.92 Å². The monoisotopic (exact) mass is 684 g/mol. The molecule has 2 aliphatic rings. The Morgan fingerprint density at radius 3 is 2.06 bits per heavy atom. The van der Waals surface area contributed by atoms with Crippen LogP contribution in [0.1, 0.15) is 69.1 Å². The van der Waals surface area contributed by atoms with E-state index in [9.17, 15) is 0 Å². The summed E-state index contributed by atoms with van der Waals surface area (Å²) in [6, 6.07) is 50.2. The van der Waals surface area contributed by atoms with Gasteiger partial charge in [0, 0.05) is 5.41 Å². The summed E-state index contributed by atoms with van der Waals surface area (Å²) in [6.45, 7) is 9.20. The van der Waals surface area contributed by atoms with Crippen molar-refractivity contribution < 1.29 is 0 Å². The SMILES string of the molecule is C/C(=C\C=C(/C)C1(C)C=CC=CC1)c1ccc(B(c2ccc(-c3cccc(-c4ccccc4C4CCC4)c3C)cc2)c2cccc3ccccc23)cc1. The summed E-state index contributed by atoms with van der Waals surface area (Å²) in [4.78, 5) is 0. The third-order valence-electron chi connectivity index (χ3n) is 12.3. The highest BCUT2D eigenvalue weighted by Gasteiger charge is 2.26. The fourth-order valence-electron chi connectivity index (χ4n) is 8.46. The fourth-order valence-corrected chi connectivity index (χ4v) is 8.46. The van der Waals surface area contributed by atoms with Gasteiger partial charge < -0.3 is 0 Å². The van der Waals surface area contributed by atoms with Crippen LogP contribution in [0.5, 0.6) is 0 Å². The van der Waals surface area contributed by atoms with Crippen molar-refractivity contribution in [1.29, 1.82) is 0 Å². The van der Waals surface area contributed by atoms with Crippen molar-refractivity contribution in [3.8, 4) is 22.3 Å². The number of allylic oxidation sites excluding steroid dienone is 8. The molecule has 0 N–H and O–H groups in total. The summed E-state index contributed by atoms with van der Waals surface area (Å²) in [5.74, 6) is 0.694. The zero-order valence-electron chi connectivity index (χ0n) is 31.6. The molecule has 260 valence electrons. The van der Waals surface area contributed by atoms with E-state index in [1.807, 2.05) is 0 Å². The van der Waals surface area contributed by atoms with E-state index in [4.69, 9.17) is 0 Å². The average molecular weight is 685 g/mol. The molecule has 0 amide bonds. The highest BCUT2D eigenvalue weighted by molar-refractivity contribution is 6.96. The Bertz CT molecular complexity index is 2370. The Labute approximate surface area is 317 Å². The van der Waals surface area contributed by atoms with Gasteiger partial charge in [-0.1, -0.05) is 205 Å². The second kappa shape index (κ2) is 14.9. The third kappa shape index (κ3) is 6.94. The van der Waals surface area contributed by atoms with Crippen molar-refractivity contribution in [1.82, 2.24) is 0 Å². The molecular formula is C52H49B. The molecule has 1 heteroatoms. The quantitative estimate of drug-likeness (QED) is 0.105. The Morgan fingerprint density at radius 1 is 0.660 bits per heavy atom. The van der Waals surface area contributed by atoms with Gasteiger partial charge in [0.15, 0.2) is 0 Å². The zero-order valence-corrected chi connectivity index (χ0v) is 31.6. The van der Waals surface area contributed by atoms with Crippen LogP contribution in [0, 0.1) is 12.3 Å². The van der Waals surface area contributed by atoms with Crippen molar-refractivity contribution in [3.05, 3.63) is 192 Å². The first-order valence-corrected chi connectivity index (χ1v) is 19.5. The molecule has 0 radical (unpaired) electrons. The maximum absolute atomic E-state index is 2.36. The largest absolute Gasteiger partial charge is 0.241 e. The maximum Gasteiger partial charge on any atom is 0.241 e. The fraction of sp³-hybridized carbons (Fsp3) is 0.192. The Kier molecular flexibility index (Phi) is 9.76. The van der Waals surface area contributed by atoms with E-state index in [1.165, 1.54) is 96.5 Å². The summed E-state index contributed by atoms with van der Waals surface area (Å²) in [5.41, 5.74) is 16.1. The molecule has 0 aliphatic heterocycles. The summed E-state index contributed by atoms with van der Waals surface area (Å²) >= 11 is 0. The second-order valence-electron chi connectivity index (χ2n) is 15.5. The average Bonchev–Trinajstić information content (AvgIpc) is 3.18. The van der Waals surface area contributed by atoms with Crippen molar-refractivity contribution in [2.75, 3.05) is 0 Å². The van der Waals surface area contributed by atoms with Gasteiger partial charge in [0.2, 0.25) is 6.71 Å². The summed E-state index contributed by atoms with van der Waals surface area (Å²) in [7, 11) is 0. The van der Waals surface area contributed by atoms with Crippen LogP contribution in [0.15, 0.2) is 175 Å². The van der Waals surface area contributed by atoms with Gasteiger partial charge in [-0.25, -0.2) is 0 Å². The third-order valence-corrected chi connectivity index (χ3v) is 12.3. The van der Waals surface area contributed by atoms with Gasteiger partial charge >= 0.3 is 0 Å². The number of hydrogen-bond donors (Lipinski definition) is 0. The Balaban J connectivity index is 1.14. The molecule has 1 fully saturated rings. The maximum atomic E-state index is 2.36. The van der Waals surface area contributed by atoms with Crippen LogP contribution in [0.2, 0.25) is 0 Å². The van der Waals surface area contributed by atoms with Gasteiger partial charge in [0.1, 0.15) is 0 Å². The van der Waals surface area contributed by atoms with Gasteiger partial charge in [-0.2, -0.15) is 0 Å². The van der Waals surface area contributed by atoms with Gasteiger partial charge in [0.25, 0.3) is 0 Å². The summed E-state index contributed by atoms with van der Waals surface area (Å²) in [5, 5.41) is 2.58. The van der Waals surface area contributed by atoms with Crippen LogP contribution in [0.4, 0.5) is 0 Å². The second-order valence-corrected chi connectivity index (χ2v) is 15.5. The molecular weight excluding hydrogens is 635 g/mol. The molecule has 6 aromatic rings. The van der Waals surface area contributed by atoms with Gasteiger partial charge in [-0.3, -0.25) is 0 Å². The van der Waals surface area contributed by atoms with Crippen LogP contribution in [0.25, 0.3) is 38.6 Å². The highest BCUT2D eigenvalue weighted by Crippen LogP contribution is 2.43. The predicted molar refractivity (Wildman–Crippen MR) is 232 cm³/mol. The topological polar surface area (TPSA) is 0 Å². The normalized spacial score (nSPS) is 17.6. The molecule has 0 nitrogen and oxygen atoms in total. The lowest BCUT2D eigenvalue weighted by molar-refractivity contribution is 0.420. The summed E-state index contributed by atoms with van der Waals surface area (Å²) in [6.07, 6.45) is 18.5.